The molecular weight excluding hydrogens is 276 g/mol. The van der Waals surface area contributed by atoms with Crippen molar-refractivity contribution in [1.29, 1.82) is 0 Å². The number of hydrogen-bond acceptors (Lipinski definition) is 3. The third-order valence-electron chi connectivity index (χ3n) is 3.20. The molecule has 102 valence electrons. The quantitative estimate of drug-likeness (QED) is 0.874. The van der Waals surface area contributed by atoms with E-state index in [2.05, 4.69) is 37.1 Å². The van der Waals surface area contributed by atoms with Gasteiger partial charge in [-0.3, -0.25) is 0 Å². The second-order valence-corrected chi connectivity index (χ2v) is 6.68. The minimum Gasteiger partial charge on any atom is -0.302 e. The van der Waals surface area contributed by atoms with Crippen molar-refractivity contribution in [2.75, 3.05) is 0 Å². The summed E-state index contributed by atoms with van der Waals surface area (Å²) in [4.78, 5) is 5.89. The summed E-state index contributed by atoms with van der Waals surface area (Å²) in [7, 11) is 0. The maximum Gasteiger partial charge on any atom is 0.0900 e. The minimum absolute atomic E-state index is 0.235. The molecule has 1 N–H and O–H groups in total. The van der Waals surface area contributed by atoms with E-state index in [9.17, 15) is 0 Å². The number of aryl methyl sites for hydroxylation is 2. The lowest BCUT2D eigenvalue weighted by atomic mass is 10.1. The van der Waals surface area contributed by atoms with Crippen molar-refractivity contribution in [3.05, 3.63) is 50.4 Å². The number of benzene rings is 1. The zero-order chi connectivity index (χ0) is 14.0. The van der Waals surface area contributed by atoms with Gasteiger partial charge in [-0.25, -0.2) is 4.98 Å². The smallest absolute Gasteiger partial charge is 0.0900 e. The van der Waals surface area contributed by atoms with Crippen LogP contribution in [0.4, 0.5) is 0 Å². The number of aromatic nitrogens is 1. The van der Waals surface area contributed by atoms with E-state index in [0.29, 0.717) is 0 Å². The Morgan fingerprint density at radius 2 is 1.95 bits per heavy atom. The van der Waals surface area contributed by atoms with Crippen LogP contribution in [0.3, 0.4) is 0 Å². The van der Waals surface area contributed by atoms with E-state index in [1.807, 2.05) is 25.1 Å². The first-order valence-electron chi connectivity index (χ1n) is 6.43. The van der Waals surface area contributed by atoms with Crippen LogP contribution in [-0.2, 0) is 0 Å². The predicted octanol–water partition coefficient (Wildman–Crippen LogP) is 4.83. The first-order valence-corrected chi connectivity index (χ1v) is 7.62. The van der Waals surface area contributed by atoms with E-state index in [4.69, 9.17) is 11.6 Å². The highest BCUT2D eigenvalue weighted by Crippen LogP contribution is 2.25. The van der Waals surface area contributed by atoms with Crippen LogP contribution in [0, 0.1) is 13.8 Å². The molecule has 1 heterocycles. The molecule has 2 atom stereocenters. The molecule has 1 aromatic heterocycles. The summed E-state index contributed by atoms with van der Waals surface area (Å²) >= 11 is 7.78. The molecule has 0 fully saturated rings. The molecule has 0 radical (unpaired) electrons. The van der Waals surface area contributed by atoms with Gasteiger partial charge >= 0.3 is 0 Å². The molecule has 2 aromatic rings. The fraction of sp³-hybridized carbons (Fsp3) is 0.400. The van der Waals surface area contributed by atoms with Crippen molar-refractivity contribution in [3.63, 3.8) is 0 Å². The average Bonchev–Trinajstić information content (AvgIpc) is 2.68. The second kappa shape index (κ2) is 6.04. The number of halogens is 1. The fourth-order valence-corrected chi connectivity index (χ4v) is 3.39. The Labute approximate surface area is 123 Å². The number of nitrogens with one attached hydrogen (secondary N) is 1. The normalized spacial score (nSPS) is 14.4. The monoisotopic (exact) mass is 294 g/mol. The van der Waals surface area contributed by atoms with Gasteiger partial charge in [0.1, 0.15) is 0 Å². The van der Waals surface area contributed by atoms with E-state index in [-0.39, 0.29) is 12.1 Å². The fourth-order valence-electron chi connectivity index (χ4n) is 2.27. The number of thiazole rings is 1. The van der Waals surface area contributed by atoms with Crippen LogP contribution in [-0.4, -0.2) is 4.98 Å². The molecule has 0 spiro atoms. The van der Waals surface area contributed by atoms with Gasteiger partial charge < -0.3 is 5.32 Å². The van der Waals surface area contributed by atoms with Crippen molar-refractivity contribution in [2.45, 2.75) is 39.8 Å². The maximum absolute atomic E-state index is 6.03. The molecule has 2 rings (SSSR count). The summed E-state index contributed by atoms with van der Waals surface area (Å²) in [5.41, 5.74) is 2.35. The molecule has 1 unspecified atom stereocenters. The largest absolute Gasteiger partial charge is 0.302 e. The topological polar surface area (TPSA) is 24.9 Å². The first kappa shape index (κ1) is 14.5. The van der Waals surface area contributed by atoms with Crippen molar-refractivity contribution < 1.29 is 0 Å². The van der Waals surface area contributed by atoms with Crippen molar-refractivity contribution in [1.82, 2.24) is 10.3 Å². The van der Waals surface area contributed by atoms with E-state index in [1.165, 1.54) is 10.4 Å². The molecular formula is C15H19ClN2S. The van der Waals surface area contributed by atoms with Gasteiger partial charge in [-0.1, -0.05) is 23.7 Å². The van der Waals surface area contributed by atoms with Gasteiger partial charge in [-0.05, 0) is 45.4 Å². The predicted molar refractivity (Wildman–Crippen MR) is 83.0 cm³/mol. The van der Waals surface area contributed by atoms with Gasteiger partial charge in [-0.2, -0.15) is 0 Å². The van der Waals surface area contributed by atoms with Crippen LogP contribution in [0.1, 0.15) is 47.1 Å². The number of rotatable bonds is 4. The molecule has 0 aliphatic carbocycles. The zero-order valence-electron chi connectivity index (χ0n) is 11.7. The molecule has 0 aliphatic heterocycles. The third-order valence-corrected chi connectivity index (χ3v) is 4.34. The number of hydrogen-bond donors (Lipinski definition) is 1. The third kappa shape index (κ3) is 3.56. The van der Waals surface area contributed by atoms with Crippen LogP contribution in [0.2, 0.25) is 5.02 Å². The van der Waals surface area contributed by atoms with Crippen LogP contribution < -0.4 is 5.32 Å². The molecule has 4 heteroatoms. The van der Waals surface area contributed by atoms with Crippen LogP contribution in [0.25, 0.3) is 0 Å². The highest BCUT2D eigenvalue weighted by molar-refractivity contribution is 7.11. The van der Waals surface area contributed by atoms with E-state index in [1.54, 1.807) is 11.3 Å². The summed E-state index contributed by atoms with van der Waals surface area (Å²) in [6.45, 7) is 8.48. The molecule has 0 saturated carbocycles. The van der Waals surface area contributed by atoms with Gasteiger partial charge in [0.15, 0.2) is 0 Å². The Morgan fingerprint density at radius 1 is 1.21 bits per heavy atom. The summed E-state index contributed by atoms with van der Waals surface area (Å²) < 4.78 is 0. The van der Waals surface area contributed by atoms with E-state index >= 15 is 0 Å². The SMILES string of the molecule is Cc1nc(C(C)N[C@H](C)c2cccc(Cl)c2)c(C)s1. The second-order valence-electron chi connectivity index (χ2n) is 4.84. The van der Waals surface area contributed by atoms with Crippen LogP contribution >= 0.6 is 22.9 Å². The lowest BCUT2D eigenvalue weighted by molar-refractivity contribution is 0.486. The Hall–Kier alpha value is -0.900. The van der Waals surface area contributed by atoms with E-state index < -0.39 is 0 Å². The zero-order valence-corrected chi connectivity index (χ0v) is 13.3. The van der Waals surface area contributed by atoms with Gasteiger partial charge in [0, 0.05) is 22.0 Å². The molecule has 0 aliphatic rings. The Kier molecular flexibility index (Phi) is 4.61. The summed E-state index contributed by atoms with van der Waals surface area (Å²) in [6, 6.07) is 8.46. The van der Waals surface area contributed by atoms with Gasteiger partial charge in [-0.15, -0.1) is 11.3 Å². The summed E-state index contributed by atoms with van der Waals surface area (Å²) in [6.07, 6.45) is 0. The highest BCUT2D eigenvalue weighted by atomic mass is 35.5. The van der Waals surface area contributed by atoms with E-state index in [0.717, 1.165) is 15.7 Å². The number of nitrogens with zero attached hydrogens (tertiary/aromatic N) is 1. The average molecular weight is 295 g/mol. The molecule has 2 nitrogen and oxygen atoms in total. The standard InChI is InChI=1S/C15H19ClN2S/c1-9(13-6-5-7-14(16)8-13)17-10(2)15-11(3)19-12(4)18-15/h5-10,17H,1-4H3/t9-,10?/m1/s1. The van der Waals surface area contributed by atoms with Crippen molar-refractivity contribution >= 4 is 22.9 Å². The van der Waals surface area contributed by atoms with Gasteiger partial charge in [0.05, 0.1) is 10.7 Å². The van der Waals surface area contributed by atoms with Crippen molar-refractivity contribution in [2.24, 2.45) is 0 Å². The van der Waals surface area contributed by atoms with Gasteiger partial charge in [0.25, 0.3) is 0 Å². The van der Waals surface area contributed by atoms with Crippen LogP contribution in [0.5, 0.6) is 0 Å². The molecule has 0 bridgehead atoms. The summed E-state index contributed by atoms with van der Waals surface area (Å²) in [5.74, 6) is 0. The Morgan fingerprint density at radius 3 is 2.53 bits per heavy atom. The summed E-state index contributed by atoms with van der Waals surface area (Å²) in [5, 5.41) is 5.48. The molecule has 0 saturated heterocycles. The minimum atomic E-state index is 0.235. The van der Waals surface area contributed by atoms with Crippen molar-refractivity contribution in [3.8, 4) is 0 Å². The molecule has 19 heavy (non-hydrogen) atoms. The molecule has 1 aromatic carbocycles. The molecule has 0 amide bonds. The first-order chi connectivity index (χ1) is 8.97. The lowest BCUT2D eigenvalue weighted by Gasteiger charge is -2.20. The maximum atomic E-state index is 6.03. The lowest BCUT2D eigenvalue weighted by Crippen LogP contribution is -2.23. The van der Waals surface area contributed by atoms with Crippen LogP contribution in [0.15, 0.2) is 24.3 Å². The highest BCUT2D eigenvalue weighted by Gasteiger charge is 2.16. The van der Waals surface area contributed by atoms with Gasteiger partial charge in [0.2, 0.25) is 0 Å². The Bertz CT molecular complexity index is 565. The Balaban J connectivity index is 2.10.